The van der Waals surface area contributed by atoms with Crippen molar-refractivity contribution >= 4 is 40.6 Å². The minimum atomic E-state index is -0.554. The van der Waals surface area contributed by atoms with E-state index in [0.717, 1.165) is 4.21 Å². The van der Waals surface area contributed by atoms with Gasteiger partial charge in [-0.2, -0.15) is 0 Å². The van der Waals surface area contributed by atoms with E-state index in [2.05, 4.69) is 5.32 Å². The molecule has 1 aromatic heterocycles. The summed E-state index contributed by atoms with van der Waals surface area (Å²) in [7, 11) is 0. The molecule has 0 fully saturated rings. The van der Waals surface area contributed by atoms with Crippen LogP contribution in [0.25, 0.3) is 0 Å². The first-order valence-electron chi connectivity index (χ1n) is 5.52. The van der Waals surface area contributed by atoms with E-state index in [-0.39, 0.29) is 5.91 Å². The first-order chi connectivity index (χ1) is 9.16. The second-order valence-corrected chi connectivity index (χ2v) is 5.90. The molecule has 2 rings (SSSR count). The average Bonchev–Trinajstić information content (AvgIpc) is 2.90. The van der Waals surface area contributed by atoms with E-state index in [9.17, 15) is 9.59 Å². The van der Waals surface area contributed by atoms with Gasteiger partial charge in [0.25, 0.3) is 5.91 Å². The minimum Gasteiger partial charge on any atom is -0.366 e. The highest BCUT2D eigenvalue weighted by Gasteiger charge is 2.10. The molecule has 2 amide bonds. The third kappa shape index (κ3) is 3.84. The SMILES string of the molecule is NC(=O)c1ccccc1NC(=O)CSc1cccs1. The quantitative estimate of drug-likeness (QED) is 0.832. The molecular formula is C13H12N2O2S2. The van der Waals surface area contributed by atoms with Gasteiger partial charge in [0, 0.05) is 0 Å². The number of hydrogen-bond acceptors (Lipinski definition) is 4. The van der Waals surface area contributed by atoms with E-state index in [4.69, 9.17) is 5.73 Å². The maximum atomic E-state index is 11.8. The Bertz CT molecular complexity index is 582. The normalized spacial score (nSPS) is 10.1. The fraction of sp³-hybridized carbons (Fsp3) is 0.0769. The molecule has 1 aromatic carbocycles. The molecule has 19 heavy (non-hydrogen) atoms. The van der Waals surface area contributed by atoms with Gasteiger partial charge in [0.05, 0.1) is 21.2 Å². The van der Waals surface area contributed by atoms with Crippen LogP contribution in [-0.2, 0) is 4.79 Å². The van der Waals surface area contributed by atoms with Gasteiger partial charge in [-0.05, 0) is 23.6 Å². The third-order valence-corrected chi connectivity index (χ3v) is 4.44. The summed E-state index contributed by atoms with van der Waals surface area (Å²) in [6, 6.07) is 10.6. The van der Waals surface area contributed by atoms with Crippen molar-refractivity contribution in [2.45, 2.75) is 4.21 Å². The Morgan fingerprint density at radius 2 is 2.00 bits per heavy atom. The zero-order valence-corrected chi connectivity index (χ0v) is 11.6. The second-order valence-electron chi connectivity index (χ2n) is 3.68. The van der Waals surface area contributed by atoms with E-state index in [1.165, 1.54) is 11.8 Å². The molecule has 98 valence electrons. The number of nitrogens with one attached hydrogen (secondary N) is 1. The first kappa shape index (κ1) is 13.6. The highest BCUT2D eigenvalue weighted by atomic mass is 32.2. The molecule has 6 heteroatoms. The maximum absolute atomic E-state index is 11.8. The average molecular weight is 292 g/mol. The molecule has 0 bridgehead atoms. The van der Waals surface area contributed by atoms with Gasteiger partial charge in [0.1, 0.15) is 0 Å². The zero-order valence-electron chi connectivity index (χ0n) is 9.96. The summed E-state index contributed by atoms with van der Waals surface area (Å²) in [5.41, 5.74) is 6.02. The predicted molar refractivity (Wildman–Crippen MR) is 78.6 cm³/mol. The molecule has 0 aliphatic carbocycles. The Morgan fingerprint density at radius 1 is 1.21 bits per heavy atom. The number of carbonyl (C=O) groups excluding carboxylic acids is 2. The third-order valence-electron chi connectivity index (χ3n) is 2.31. The lowest BCUT2D eigenvalue weighted by Gasteiger charge is -2.08. The van der Waals surface area contributed by atoms with Gasteiger partial charge < -0.3 is 11.1 Å². The lowest BCUT2D eigenvalue weighted by Crippen LogP contribution is -2.19. The molecule has 4 nitrogen and oxygen atoms in total. The lowest BCUT2D eigenvalue weighted by atomic mass is 10.1. The number of thiophene rings is 1. The molecule has 0 atom stereocenters. The van der Waals surface area contributed by atoms with Gasteiger partial charge in [0.15, 0.2) is 0 Å². The Morgan fingerprint density at radius 3 is 2.68 bits per heavy atom. The number of amides is 2. The molecule has 1 heterocycles. The molecule has 3 N–H and O–H groups in total. The number of para-hydroxylation sites is 1. The van der Waals surface area contributed by atoms with E-state index in [1.807, 2.05) is 17.5 Å². The van der Waals surface area contributed by atoms with Gasteiger partial charge in [-0.25, -0.2) is 0 Å². The number of primary amides is 1. The molecule has 0 unspecified atom stereocenters. The Balaban J connectivity index is 1.97. The second kappa shape index (κ2) is 6.40. The summed E-state index contributed by atoms with van der Waals surface area (Å²) in [6.45, 7) is 0. The first-order valence-corrected chi connectivity index (χ1v) is 7.38. The molecule has 0 saturated heterocycles. The molecule has 0 aliphatic heterocycles. The maximum Gasteiger partial charge on any atom is 0.250 e. The molecular weight excluding hydrogens is 280 g/mol. The zero-order chi connectivity index (χ0) is 13.7. The number of nitrogens with two attached hydrogens (primary N) is 1. The van der Waals surface area contributed by atoms with Crippen molar-refractivity contribution in [1.82, 2.24) is 0 Å². The number of rotatable bonds is 5. The fourth-order valence-corrected chi connectivity index (χ4v) is 3.06. The number of thioether (sulfide) groups is 1. The summed E-state index contributed by atoms with van der Waals surface area (Å²) >= 11 is 3.05. The van der Waals surface area contributed by atoms with Gasteiger partial charge in [0.2, 0.25) is 5.91 Å². The monoisotopic (exact) mass is 292 g/mol. The van der Waals surface area contributed by atoms with Crippen LogP contribution in [0.4, 0.5) is 5.69 Å². The van der Waals surface area contributed by atoms with Crippen LogP contribution in [0, 0.1) is 0 Å². The van der Waals surface area contributed by atoms with Crippen LogP contribution in [0.2, 0.25) is 0 Å². The van der Waals surface area contributed by atoms with E-state index in [0.29, 0.717) is 17.0 Å². The molecule has 0 saturated carbocycles. The van der Waals surface area contributed by atoms with E-state index >= 15 is 0 Å². The summed E-state index contributed by atoms with van der Waals surface area (Å²) in [5.74, 6) is -0.415. The van der Waals surface area contributed by atoms with Crippen LogP contribution in [0.1, 0.15) is 10.4 Å². The van der Waals surface area contributed by atoms with Gasteiger partial charge in [-0.1, -0.05) is 18.2 Å². The number of carbonyl (C=O) groups is 2. The van der Waals surface area contributed by atoms with Crippen LogP contribution >= 0.6 is 23.1 Å². The molecule has 2 aromatic rings. The number of benzene rings is 1. The van der Waals surface area contributed by atoms with Gasteiger partial charge in [-0.15, -0.1) is 23.1 Å². The number of hydrogen-bond donors (Lipinski definition) is 2. The predicted octanol–water partition coefficient (Wildman–Crippen LogP) is 2.58. The largest absolute Gasteiger partial charge is 0.366 e. The molecule has 0 spiro atoms. The molecule has 0 radical (unpaired) electrons. The summed E-state index contributed by atoms with van der Waals surface area (Å²) in [6.07, 6.45) is 0. The van der Waals surface area contributed by atoms with Crippen molar-refractivity contribution in [3.05, 3.63) is 47.3 Å². The molecule has 0 aliphatic rings. The Kier molecular flexibility index (Phi) is 4.59. The topological polar surface area (TPSA) is 72.2 Å². The van der Waals surface area contributed by atoms with Crippen LogP contribution in [0.3, 0.4) is 0 Å². The fourth-order valence-electron chi connectivity index (χ4n) is 1.48. The van der Waals surface area contributed by atoms with E-state index < -0.39 is 5.91 Å². The summed E-state index contributed by atoms with van der Waals surface area (Å²) in [4.78, 5) is 23.0. The highest BCUT2D eigenvalue weighted by Crippen LogP contribution is 2.23. The van der Waals surface area contributed by atoms with Crippen molar-refractivity contribution in [1.29, 1.82) is 0 Å². The van der Waals surface area contributed by atoms with Crippen molar-refractivity contribution in [3.8, 4) is 0 Å². The Labute approximate surface area is 119 Å². The van der Waals surface area contributed by atoms with Crippen molar-refractivity contribution in [3.63, 3.8) is 0 Å². The Hall–Kier alpha value is -1.79. The van der Waals surface area contributed by atoms with Crippen molar-refractivity contribution in [2.24, 2.45) is 5.73 Å². The highest BCUT2D eigenvalue weighted by molar-refractivity contribution is 8.01. The minimum absolute atomic E-state index is 0.160. The van der Waals surface area contributed by atoms with Crippen LogP contribution in [-0.4, -0.2) is 17.6 Å². The van der Waals surface area contributed by atoms with Crippen molar-refractivity contribution in [2.75, 3.05) is 11.1 Å². The lowest BCUT2D eigenvalue weighted by molar-refractivity contribution is -0.113. The van der Waals surface area contributed by atoms with Gasteiger partial charge >= 0.3 is 0 Å². The van der Waals surface area contributed by atoms with Crippen LogP contribution in [0.5, 0.6) is 0 Å². The standard InChI is InChI=1S/C13H12N2O2S2/c14-13(17)9-4-1-2-5-10(9)15-11(16)8-19-12-6-3-7-18-12/h1-7H,8H2,(H2,14,17)(H,15,16). The van der Waals surface area contributed by atoms with Crippen LogP contribution < -0.4 is 11.1 Å². The van der Waals surface area contributed by atoms with Gasteiger partial charge in [-0.3, -0.25) is 9.59 Å². The summed E-state index contributed by atoms with van der Waals surface area (Å²) in [5, 5.41) is 4.66. The smallest absolute Gasteiger partial charge is 0.250 e. The summed E-state index contributed by atoms with van der Waals surface area (Å²) < 4.78 is 1.08. The van der Waals surface area contributed by atoms with E-state index in [1.54, 1.807) is 35.6 Å². The van der Waals surface area contributed by atoms with Crippen molar-refractivity contribution < 1.29 is 9.59 Å². The number of anilines is 1. The van der Waals surface area contributed by atoms with Crippen LogP contribution in [0.15, 0.2) is 46.0 Å².